The highest BCUT2D eigenvalue weighted by molar-refractivity contribution is 7.09. The van der Waals surface area contributed by atoms with Crippen LogP contribution in [-0.4, -0.2) is 33.8 Å². The molecule has 1 saturated heterocycles. The standard InChI is InChI=1S/C17H22N4O3S/c1-11(22)18-8-15-19-12(10-25-15)9-21-16(23)13-6-4-2-3-5-7-14(13)20-17(21)24/h2-3,10,13-14H,4-9H2,1H3,(H,18,22)(H,20,24)/b3-2-/t13-,14+/m0/s1. The normalized spacial score (nSPS) is 24.8. The van der Waals surface area contributed by atoms with E-state index in [-0.39, 0.29) is 36.3 Å². The quantitative estimate of drug-likeness (QED) is 0.801. The molecule has 4 amide bonds. The summed E-state index contributed by atoms with van der Waals surface area (Å²) in [4.78, 5) is 41.8. The third-order valence-corrected chi connectivity index (χ3v) is 5.38. The molecule has 1 aromatic rings. The number of fused-ring (bicyclic) bond motifs is 1. The van der Waals surface area contributed by atoms with Crippen LogP contribution in [0.15, 0.2) is 17.5 Å². The lowest BCUT2D eigenvalue weighted by atomic mass is 9.86. The Kier molecular flexibility index (Phi) is 5.47. The van der Waals surface area contributed by atoms with Crippen molar-refractivity contribution < 1.29 is 14.4 Å². The number of carbonyl (C=O) groups excluding carboxylic acids is 3. The molecule has 2 atom stereocenters. The number of thiazole rings is 1. The fourth-order valence-corrected chi connectivity index (χ4v) is 3.93. The summed E-state index contributed by atoms with van der Waals surface area (Å²) in [5.74, 6) is -0.396. The first-order valence-electron chi connectivity index (χ1n) is 8.49. The molecule has 0 aromatic carbocycles. The Morgan fingerprint density at radius 1 is 1.36 bits per heavy atom. The molecule has 1 fully saturated rings. The molecule has 1 aliphatic carbocycles. The fraction of sp³-hybridized carbons (Fsp3) is 0.529. The number of imide groups is 1. The average Bonchev–Trinajstić information content (AvgIpc) is 2.99. The molecule has 3 rings (SSSR count). The van der Waals surface area contributed by atoms with Gasteiger partial charge in [-0.1, -0.05) is 12.2 Å². The molecule has 8 heteroatoms. The molecular weight excluding hydrogens is 340 g/mol. The van der Waals surface area contributed by atoms with Crippen molar-refractivity contribution in [3.63, 3.8) is 0 Å². The van der Waals surface area contributed by atoms with Crippen LogP contribution in [0, 0.1) is 5.92 Å². The molecule has 1 aliphatic heterocycles. The lowest BCUT2D eigenvalue weighted by molar-refractivity contribution is -0.136. The van der Waals surface area contributed by atoms with E-state index in [1.165, 1.54) is 23.2 Å². The highest BCUT2D eigenvalue weighted by Gasteiger charge is 2.40. The molecule has 2 N–H and O–H groups in total. The minimum absolute atomic E-state index is 0.0769. The van der Waals surface area contributed by atoms with E-state index in [1.54, 1.807) is 0 Å². The maximum atomic E-state index is 12.8. The molecular formula is C17H22N4O3S. The SMILES string of the molecule is CC(=O)NCc1nc(CN2C(=O)N[C@@H]3CC/C=C\CC[C@@H]3C2=O)cs1. The van der Waals surface area contributed by atoms with Crippen molar-refractivity contribution in [1.82, 2.24) is 20.5 Å². The van der Waals surface area contributed by atoms with Crippen molar-refractivity contribution in [2.24, 2.45) is 5.92 Å². The number of urea groups is 1. The van der Waals surface area contributed by atoms with Gasteiger partial charge in [-0.2, -0.15) is 0 Å². The first-order valence-corrected chi connectivity index (χ1v) is 9.37. The molecule has 134 valence electrons. The lowest BCUT2D eigenvalue weighted by Gasteiger charge is -2.37. The average molecular weight is 362 g/mol. The number of amides is 4. The number of hydrogen-bond donors (Lipinski definition) is 2. The van der Waals surface area contributed by atoms with E-state index in [4.69, 9.17) is 0 Å². The summed E-state index contributed by atoms with van der Waals surface area (Å²) in [6.45, 7) is 1.98. The van der Waals surface area contributed by atoms with Crippen LogP contribution < -0.4 is 10.6 Å². The number of rotatable bonds is 4. The minimum Gasteiger partial charge on any atom is -0.350 e. The lowest BCUT2D eigenvalue weighted by Crippen LogP contribution is -2.59. The zero-order chi connectivity index (χ0) is 17.8. The van der Waals surface area contributed by atoms with Gasteiger partial charge in [0.05, 0.1) is 24.7 Å². The van der Waals surface area contributed by atoms with E-state index in [2.05, 4.69) is 27.8 Å². The van der Waals surface area contributed by atoms with Crippen molar-refractivity contribution in [3.05, 3.63) is 28.2 Å². The first-order chi connectivity index (χ1) is 12.0. The van der Waals surface area contributed by atoms with Gasteiger partial charge < -0.3 is 10.6 Å². The molecule has 25 heavy (non-hydrogen) atoms. The second-order valence-electron chi connectivity index (χ2n) is 6.36. The van der Waals surface area contributed by atoms with E-state index in [1.807, 2.05) is 5.38 Å². The van der Waals surface area contributed by atoms with Crippen molar-refractivity contribution in [1.29, 1.82) is 0 Å². The van der Waals surface area contributed by atoms with Gasteiger partial charge in [-0.05, 0) is 25.7 Å². The van der Waals surface area contributed by atoms with Gasteiger partial charge in [0.25, 0.3) is 0 Å². The van der Waals surface area contributed by atoms with Gasteiger partial charge in [0.2, 0.25) is 11.8 Å². The summed E-state index contributed by atoms with van der Waals surface area (Å²) in [6.07, 6.45) is 7.51. The summed E-state index contributed by atoms with van der Waals surface area (Å²) in [6, 6.07) is -0.417. The molecule has 2 heterocycles. The molecule has 2 aliphatic rings. The Hall–Kier alpha value is -2.22. The van der Waals surface area contributed by atoms with Gasteiger partial charge in [0.1, 0.15) is 5.01 Å². The van der Waals surface area contributed by atoms with Gasteiger partial charge >= 0.3 is 6.03 Å². The first kappa shape index (κ1) is 17.6. The van der Waals surface area contributed by atoms with E-state index >= 15 is 0 Å². The summed E-state index contributed by atoms with van der Waals surface area (Å²) in [5.41, 5.74) is 0.665. The molecule has 1 aromatic heterocycles. The van der Waals surface area contributed by atoms with Crippen LogP contribution in [0.2, 0.25) is 0 Å². The largest absolute Gasteiger partial charge is 0.350 e. The van der Waals surface area contributed by atoms with Crippen LogP contribution in [0.5, 0.6) is 0 Å². The maximum absolute atomic E-state index is 12.8. The monoisotopic (exact) mass is 362 g/mol. The maximum Gasteiger partial charge on any atom is 0.324 e. The zero-order valence-electron chi connectivity index (χ0n) is 14.2. The van der Waals surface area contributed by atoms with E-state index in [9.17, 15) is 14.4 Å². The third-order valence-electron chi connectivity index (χ3n) is 4.49. The minimum atomic E-state index is -0.341. The highest BCUT2D eigenvalue weighted by Crippen LogP contribution is 2.26. The van der Waals surface area contributed by atoms with Crippen LogP contribution >= 0.6 is 11.3 Å². The van der Waals surface area contributed by atoms with Crippen molar-refractivity contribution in [3.8, 4) is 0 Å². The predicted octanol–water partition coefficient (Wildman–Crippen LogP) is 1.95. The van der Waals surface area contributed by atoms with Gasteiger partial charge in [-0.25, -0.2) is 9.78 Å². The number of nitrogens with zero attached hydrogens (tertiary/aromatic N) is 2. The van der Waals surface area contributed by atoms with Crippen LogP contribution in [0.1, 0.15) is 43.3 Å². The van der Waals surface area contributed by atoms with Crippen molar-refractivity contribution >= 4 is 29.2 Å². The third kappa shape index (κ3) is 4.25. The van der Waals surface area contributed by atoms with E-state index in [0.29, 0.717) is 12.2 Å². The second kappa shape index (κ2) is 7.77. The van der Waals surface area contributed by atoms with Gasteiger partial charge in [0, 0.05) is 18.3 Å². The van der Waals surface area contributed by atoms with Crippen LogP contribution in [-0.2, 0) is 22.7 Å². The molecule has 0 spiro atoms. The number of aromatic nitrogens is 1. The van der Waals surface area contributed by atoms with E-state index in [0.717, 1.165) is 30.7 Å². The van der Waals surface area contributed by atoms with Gasteiger partial charge in [-0.15, -0.1) is 11.3 Å². The van der Waals surface area contributed by atoms with Gasteiger partial charge in [0.15, 0.2) is 0 Å². The summed E-state index contributed by atoms with van der Waals surface area (Å²) >= 11 is 1.41. The summed E-state index contributed by atoms with van der Waals surface area (Å²) in [5, 5.41) is 8.25. The molecule has 7 nitrogen and oxygen atoms in total. The smallest absolute Gasteiger partial charge is 0.324 e. The van der Waals surface area contributed by atoms with Gasteiger partial charge in [-0.3, -0.25) is 14.5 Å². The fourth-order valence-electron chi connectivity index (χ4n) is 3.21. The Morgan fingerprint density at radius 2 is 2.12 bits per heavy atom. The Labute approximate surface area is 150 Å². The highest BCUT2D eigenvalue weighted by atomic mass is 32.1. The van der Waals surface area contributed by atoms with Crippen LogP contribution in [0.4, 0.5) is 4.79 Å². The van der Waals surface area contributed by atoms with E-state index < -0.39 is 0 Å². The zero-order valence-corrected chi connectivity index (χ0v) is 15.0. The number of carbonyl (C=O) groups is 3. The Morgan fingerprint density at radius 3 is 2.88 bits per heavy atom. The van der Waals surface area contributed by atoms with Crippen LogP contribution in [0.25, 0.3) is 0 Å². The van der Waals surface area contributed by atoms with Crippen molar-refractivity contribution in [2.45, 2.75) is 51.7 Å². The topological polar surface area (TPSA) is 91.4 Å². The molecule has 0 unspecified atom stereocenters. The molecule has 0 radical (unpaired) electrons. The number of allylic oxidation sites excluding steroid dienone is 2. The van der Waals surface area contributed by atoms with Crippen LogP contribution in [0.3, 0.4) is 0 Å². The molecule has 0 bridgehead atoms. The Balaban J connectivity index is 1.67. The molecule has 0 saturated carbocycles. The Bertz CT molecular complexity index is 700. The number of hydrogen-bond acceptors (Lipinski definition) is 5. The number of nitrogens with one attached hydrogen (secondary N) is 2. The van der Waals surface area contributed by atoms with Crippen molar-refractivity contribution in [2.75, 3.05) is 0 Å². The second-order valence-corrected chi connectivity index (χ2v) is 7.30. The summed E-state index contributed by atoms with van der Waals surface area (Å²) < 4.78 is 0. The predicted molar refractivity (Wildman–Crippen MR) is 93.6 cm³/mol. The summed E-state index contributed by atoms with van der Waals surface area (Å²) in [7, 11) is 0.